The quantitative estimate of drug-likeness (QED) is 0.270. The van der Waals surface area contributed by atoms with Crippen molar-refractivity contribution in [3.05, 3.63) is 95.5 Å². The van der Waals surface area contributed by atoms with Gasteiger partial charge in [0.25, 0.3) is 0 Å². The third-order valence-electron chi connectivity index (χ3n) is 5.26. The lowest BCUT2D eigenvalue weighted by atomic mass is 9.98. The minimum Gasteiger partial charge on any atom is -0.481 e. The number of sulfone groups is 1. The summed E-state index contributed by atoms with van der Waals surface area (Å²) < 4.78 is 31.9. The Morgan fingerprint density at radius 1 is 1.00 bits per heavy atom. The number of anilines is 2. The summed E-state index contributed by atoms with van der Waals surface area (Å²) in [5.41, 5.74) is 2.52. The van der Waals surface area contributed by atoms with Crippen LogP contribution >= 0.6 is 11.3 Å². The average molecular weight is 509 g/mol. The van der Waals surface area contributed by atoms with Crippen LogP contribution in [0.3, 0.4) is 0 Å². The van der Waals surface area contributed by atoms with E-state index in [1.807, 2.05) is 36.6 Å². The van der Waals surface area contributed by atoms with Crippen LogP contribution in [0, 0.1) is 6.92 Å². The first kappa shape index (κ1) is 24.4. The standard InChI is InChI=1S/C26H24N2O5S2/c1-18-16-34-26(27-18)28-21-7-9-22(10-8-21)33-23-11-13-24(14-12-23)35(31,32)17-20(15-25(29)30)19-5-3-2-4-6-19/h2-14,16,20H,15,17H2,1H3,(H,27,28)(H,29,30). The number of hydrogen-bond donors (Lipinski definition) is 2. The van der Waals surface area contributed by atoms with Crippen molar-refractivity contribution in [1.29, 1.82) is 0 Å². The molecule has 9 heteroatoms. The summed E-state index contributed by atoms with van der Waals surface area (Å²) in [7, 11) is -3.71. The molecule has 0 spiro atoms. The smallest absolute Gasteiger partial charge is 0.303 e. The molecule has 0 aliphatic heterocycles. The van der Waals surface area contributed by atoms with Crippen molar-refractivity contribution < 1.29 is 23.1 Å². The van der Waals surface area contributed by atoms with E-state index in [0.717, 1.165) is 16.5 Å². The Hall–Kier alpha value is -3.69. The molecule has 4 rings (SSSR count). The molecule has 1 aromatic heterocycles. The number of carboxylic acid groups (broad SMARTS) is 1. The minimum atomic E-state index is -3.71. The maximum absolute atomic E-state index is 13.0. The van der Waals surface area contributed by atoms with E-state index >= 15 is 0 Å². The average Bonchev–Trinajstić information content (AvgIpc) is 3.25. The second-order valence-corrected chi connectivity index (χ2v) is 10.9. The van der Waals surface area contributed by atoms with E-state index in [4.69, 9.17) is 4.74 Å². The van der Waals surface area contributed by atoms with Crippen LogP contribution in [0.15, 0.2) is 89.1 Å². The maximum atomic E-state index is 13.0. The van der Waals surface area contributed by atoms with Gasteiger partial charge < -0.3 is 15.2 Å². The third kappa shape index (κ3) is 6.68. The van der Waals surface area contributed by atoms with Crippen LogP contribution in [0.5, 0.6) is 11.5 Å². The van der Waals surface area contributed by atoms with Crippen LogP contribution in [-0.2, 0) is 14.6 Å². The Balaban J connectivity index is 1.42. The Morgan fingerprint density at radius 2 is 1.63 bits per heavy atom. The number of nitrogens with zero attached hydrogens (tertiary/aromatic N) is 1. The molecule has 0 fully saturated rings. The van der Waals surface area contributed by atoms with Gasteiger partial charge in [-0.3, -0.25) is 4.79 Å². The summed E-state index contributed by atoms with van der Waals surface area (Å²) in [6.07, 6.45) is -0.266. The van der Waals surface area contributed by atoms with Gasteiger partial charge in [0.1, 0.15) is 11.5 Å². The number of ether oxygens (including phenoxy) is 1. The van der Waals surface area contributed by atoms with E-state index in [1.165, 1.54) is 23.5 Å². The van der Waals surface area contributed by atoms with Gasteiger partial charge >= 0.3 is 5.97 Å². The first-order valence-corrected chi connectivity index (χ1v) is 13.4. The zero-order chi connectivity index (χ0) is 24.8. The number of nitrogens with one attached hydrogen (secondary N) is 1. The molecule has 0 radical (unpaired) electrons. The maximum Gasteiger partial charge on any atom is 0.303 e. The highest BCUT2D eigenvalue weighted by Gasteiger charge is 2.25. The fraction of sp³-hybridized carbons (Fsp3) is 0.154. The first-order valence-electron chi connectivity index (χ1n) is 10.8. The Morgan fingerprint density at radius 3 is 2.20 bits per heavy atom. The molecule has 1 atom stereocenters. The van der Waals surface area contributed by atoms with Gasteiger partial charge in [-0.05, 0) is 61.0 Å². The fourth-order valence-corrected chi connectivity index (χ4v) is 5.85. The molecule has 0 saturated carbocycles. The lowest BCUT2D eigenvalue weighted by Gasteiger charge is -2.16. The van der Waals surface area contributed by atoms with Gasteiger partial charge in [0.05, 0.1) is 22.8 Å². The Kier molecular flexibility index (Phi) is 7.48. The van der Waals surface area contributed by atoms with E-state index < -0.39 is 21.7 Å². The molecule has 7 nitrogen and oxygen atoms in total. The van der Waals surface area contributed by atoms with Gasteiger partial charge in [0.15, 0.2) is 15.0 Å². The van der Waals surface area contributed by atoms with Gasteiger partial charge in [-0.2, -0.15) is 0 Å². The molecule has 0 amide bonds. The second kappa shape index (κ2) is 10.7. The number of carboxylic acids is 1. The molecule has 1 unspecified atom stereocenters. The van der Waals surface area contributed by atoms with Crippen molar-refractivity contribution >= 4 is 38.0 Å². The fourth-order valence-electron chi connectivity index (χ4n) is 3.56. The van der Waals surface area contributed by atoms with Crippen molar-refractivity contribution in [2.45, 2.75) is 24.2 Å². The van der Waals surface area contributed by atoms with Crippen molar-refractivity contribution in [2.24, 2.45) is 0 Å². The summed E-state index contributed by atoms with van der Waals surface area (Å²) in [5, 5.41) is 15.3. The molecular formula is C26H24N2O5S2. The Labute approximate surface area is 208 Å². The normalized spacial score (nSPS) is 12.1. The second-order valence-electron chi connectivity index (χ2n) is 8.00. The molecule has 0 saturated heterocycles. The van der Waals surface area contributed by atoms with Crippen molar-refractivity contribution in [3.8, 4) is 11.5 Å². The molecule has 3 aromatic carbocycles. The molecule has 2 N–H and O–H groups in total. The van der Waals surface area contributed by atoms with Gasteiger partial charge in [0, 0.05) is 17.0 Å². The molecule has 35 heavy (non-hydrogen) atoms. The van der Waals surface area contributed by atoms with Gasteiger partial charge in [-0.25, -0.2) is 13.4 Å². The largest absolute Gasteiger partial charge is 0.481 e. The summed E-state index contributed by atoms with van der Waals surface area (Å²) >= 11 is 1.53. The molecule has 4 aromatic rings. The zero-order valence-electron chi connectivity index (χ0n) is 18.9. The summed E-state index contributed by atoms with van der Waals surface area (Å²) in [6.45, 7) is 1.94. The molecule has 0 aliphatic rings. The van der Waals surface area contributed by atoms with Gasteiger partial charge in [-0.15, -0.1) is 11.3 Å². The van der Waals surface area contributed by atoms with Crippen LogP contribution in [0.4, 0.5) is 10.8 Å². The lowest BCUT2D eigenvalue weighted by molar-refractivity contribution is -0.137. The molecule has 180 valence electrons. The van der Waals surface area contributed by atoms with Crippen LogP contribution in [0.1, 0.15) is 23.6 Å². The van der Waals surface area contributed by atoms with Crippen molar-refractivity contribution in [1.82, 2.24) is 4.98 Å². The molecule has 1 heterocycles. The van der Waals surface area contributed by atoms with Crippen LogP contribution in [0.25, 0.3) is 0 Å². The molecular weight excluding hydrogens is 484 g/mol. The zero-order valence-corrected chi connectivity index (χ0v) is 20.6. The van der Waals surface area contributed by atoms with E-state index in [2.05, 4.69) is 10.3 Å². The van der Waals surface area contributed by atoms with E-state index in [1.54, 1.807) is 42.5 Å². The predicted octanol–water partition coefficient (Wildman–Crippen LogP) is 6.02. The number of aromatic nitrogens is 1. The number of aliphatic carboxylic acids is 1. The number of benzene rings is 3. The molecule has 0 bridgehead atoms. The number of aryl methyl sites for hydroxylation is 1. The van der Waals surface area contributed by atoms with Gasteiger partial charge in [0.2, 0.25) is 0 Å². The summed E-state index contributed by atoms with van der Waals surface area (Å²) in [6, 6.07) is 22.3. The number of thiazole rings is 1. The van der Waals surface area contributed by atoms with E-state index in [-0.39, 0.29) is 17.1 Å². The third-order valence-corrected chi connectivity index (χ3v) is 7.96. The van der Waals surface area contributed by atoms with Crippen molar-refractivity contribution in [3.63, 3.8) is 0 Å². The number of rotatable bonds is 10. The highest BCUT2D eigenvalue weighted by atomic mass is 32.2. The monoisotopic (exact) mass is 508 g/mol. The van der Waals surface area contributed by atoms with Crippen molar-refractivity contribution in [2.75, 3.05) is 11.1 Å². The van der Waals surface area contributed by atoms with Gasteiger partial charge in [-0.1, -0.05) is 30.3 Å². The minimum absolute atomic E-state index is 0.120. The van der Waals surface area contributed by atoms with E-state index in [0.29, 0.717) is 17.1 Å². The SMILES string of the molecule is Cc1csc(Nc2ccc(Oc3ccc(S(=O)(=O)CC(CC(=O)O)c4ccccc4)cc3)cc2)n1. The summed E-state index contributed by atoms with van der Waals surface area (Å²) in [4.78, 5) is 15.8. The predicted molar refractivity (Wildman–Crippen MR) is 137 cm³/mol. The first-order chi connectivity index (χ1) is 16.8. The number of carbonyl (C=O) groups is 1. The Bertz CT molecular complexity index is 1380. The highest BCUT2D eigenvalue weighted by Crippen LogP contribution is 2.29. The van der Waals surface area contributed by atoms with Crippen LogP contribution in [0.2, 0.25) is 0 Å². The number of hydrogen-bond acceptors (Lipinski definition) is 7. The molecule has 0 aliphatic carbocycles. The highest BCUT2D eigenvalue weighted by molar-refractivity contribution is 7.91. The lowest BCUT2D eigenvalue weighted by Crippen LogP contribution is -2.18. The van der Waals surface area contributed by atoms with Crippen LogP contribution in [-0.4, -0.2) is 30.2 Å². The topological polar surface area (TPSA) is 106 Å². The van der Waals surface area contributed by atoms with Crippen LogP contribution < -0.4 is 10.1 Å². The van der Waals surface area contributed by atoms with E-state index in [9.17, 15) is 18.3 Å². The summed E-state index contributed by atoms with van der Waals surface area (Å²) in [5.74, 6) is -0.885.